The molecule has 1 heterocycles. The van der Waals surface area contributed by atoms with E-state index in [0.29, 0.717) is 28.1 Å². The molecule has 1 aliphatic rings. The number of hydrogen-bond donors (Lipinski definition) is 2. The standard InChI is InChI=1S/C14H13BrClN3O/c15-8-1-4-12(11(16)5-8)18-14(20)13-6-9(17)7-19(13)10-2-3-10/h1,4-7,10H,2-3,17H2,(H,18,20). The van der Waals surface area contributed by atoms with Crippen molar-refractivity contribution < 1.29 is 4.79 Å². The zero-order valence-corrected chi connectivity index (χ0v) is 12.9. The lowest BCUT2D eigenvalue weighted by Gasteiger charge is -2.10. The summed E-state index contributed by atoms with van der Waals surface area (Å²) in [4.78, 5) is 12.4. The number of aromatic nitrogens is 1. The van der Waals surface area contributed by atoms with E-state index in [1.165, 1.54) is 0 Å². The molecule has 1 fully saturated rings. The third-order valence-electron chi connectivity index (χ3n) is 3.22. The molecule has 1 amide bonds. The smallest absolute Gasteiger partial charge is 0.272 e. The number of hydrogen-bond acceptors (Lipinski definition) is 2. The highest BCUT2D eigenvalue weighted by atomic mass is 79.9. The van der Waals surface area contributed by atoms with E-state index in [-0.39, 0.29) is 5.91 Å². The predicted octanol–water partition coefficient (Wildman–Crippen LogP) is 4.07. The average Bonchev–Trinajstić information content (AvgIpc) is 3.16. The Balaban J connectivity index is 1.86. The van der Waals surface area contributed by atoms with Gasteiger partial charge < -0.3 is 15.6 Å². The lowest BCUT2D eigenvalue weighted by atomic mass is 10.3. The van der Waals surface area contributed by atoms with Gasteiger partial charge in [0.1, 0.15) is 5.69 Å². The molecular weight excluding hydrogens is 342 g/mol. The van der Waals surface area contributed by atoms with Crippen LogP contribution < -0.4 is 11.1 Å². The number of halogens is 2. The van der Waals surface area contributed by atoms with Gasteiger partial charge in [0, 0.05) is 16.7 Å². The molecule has 0 aliphatic heterocycles. The first kappa shape index (κ1) is 13.5. The molecule has 0 saturated heterocycles. The minimum absolute atomic E-state index is 0.196. The molecule has 104 valence electrons. The van der Waals surface area contributed by atoms with Crippen LogP contribution in [0.25, 0.3) is 0 Å². The summed E-state index contributed by atoms with van der Waals surface area (Å²) in [5.41, 5.74) is 7.55. The molecule has 3 rings (SSSR count). The summed E-state index contributed by atoms with van der Waals surface area (Å²) >= 11 is 9.44. The van der Waals surface area contributed by atoms with Crippen LogP contribution in [0, 0.1) is 0 Å². The Morgan fingerprint density at radius 3 is 2.80 bits per heavy atom. The molecule has 0 radical (unpaired) electrons. The van der Waals surface area contributed by atoms with Gasteiger partial charge in [-0.25, -0.2) is 0 Å². The molecule has 2 aromatic rings. The van der Waals surface area contributed by atoms with Gasteiger partial charge in [-0.3, -0.25) is 4.79 Å². The highest BCUT2D eigenvalue weighted by Gasteiger charge is 2.27. The van der Waals surface area contributed by atoms with E-state index >= 15 is 0 Å². The Hall–Kier alpha value is -1.46. The van der Waals surface area contributed by atoms with Crippen LogP contribution in [0.3, 0.4) is 0 Å². The molecule has 1 aromatic carbocycles. The van der Waals surface area contributed by atoms with Crippen LogP contribution in [0.4, 0.5) is 11.4 Å². The van der Waals surface area contributed by atoms with E-state index in [9.17, 15) is 4.79 Å². The zero-order valence-electron chi connectivity index (χ0n) is 10.6. The van der Waals surface area contributed by atoms with Crippen molar-refractivity contribution in [3.63, 3.8) is 0 Å². The van der Waals surface area contributed by atoms with Crippen LogP contribution in [0.1, 0.15) is 29.4 Å². The Labute approximate surface area is 130 Å². The number of amides is 1. The van der Waals surface area contributed by atoms with Gasteiger partial charge in [-0.05, 0) is 37.1 Å². The number of nitrogens with zero attached hydrogens (tertiary/aromatic N) is 1. The second kappa shape index (κ2) is 5.14. The van der Waals surface area contributed by atoms with Crippen molar-refractivity contribution in [3.8, 4) is 0 Å². The second-order valence-corrected chi connectivity index (χ2v) is 6.20. The third-order valence-corrected chi connectivity index (χ3v) is 4.03. The minimum atomic E-state index is -0.196. The Kier molecular flexibility index (Phi) is 3.48. The van der Waals surface area contributed by atoms with Crippen molar-refractivity contribution in [3.05, 3.63) is 45.7 Å². The van der Waals surface area contributed by atoms with Gasteiger partial charge in [0.25, 0.3) is 5.91 Å². The minimum Gasteiger partial charge on any atom is -0.397 e. The summed E-state index contributed by atoms with van der Waals surface area (Å²) in [6, 6.07) is 7.42. The van der Waals surface area contributed by atoms with Gasteiger partial charge in [-0.1, -0.05) is 27.5 Å². The summed E-state index contributed by atoms with van der Waals surface area (Å²) in [7, 11) is 0. The topological polar surface area (TPSA) is 60.1 Å². The molecule has 6 heteroatoms. The van der Waals surface area contributed by atoms with Crippen LogP contribution >= 0.6 is 27.5 Å². The summed E-state index contributed by atoms with van der Waals surface area (Å²) in [6.07, 6.45) is 4.00. The highest BCUT2D eigenvalue weighted by Crippen LogP contribution is 2.37. The molecule has 1 aliphatic carbocycles. The number of benzene rings is 1. The third kappa shape index (κ3) is 2.69. The number of nitrogens with two attached hydrogens (primary N) is 1. The highest BCUT2D eigenvalue weighted by molar-refractivity contribution is 9.10. The first-order valence-electron chi connectivity index (χ1n) is 6.28. The fourth-order valence-electron chi connectivity index (χ4n) is 2.11. The van der Waals surface area contributed by atoms with Crippen molar-refractivity contribution in [1.82, 2.24) is 4.57 Å². The van der Waals surface area contributed by atoms with Gasteiger partial charge in [-0.2, -0.15) is 0 Å². The number of anilines is 2. The van der Waals surface area contributed by atoms with Crippen LogP contribution in [0.5, 0.6) is 0 Å². The van der Waals surface area contributed by atoms with Crippen molar-refractivity contribution in [2.45, 2.75) is 18.9 Å². The molecule has 20 heavy (non-hydrogen) atoms. The molecule has 3 N–H and O–H groups in total. The number of rotatable bonds is 3. The van der Waals surface area contributed by atoms with Crippen LogP contribution in [0.15, 0.2) is 34.9 Å². The Bertz CT molecular complexity index is 679. The van der Waals surface area contributed by atoms with E-state index in [4.69, 9.17) is 17.3 Å². The van der Waals surface area contributed by atoms with Crippen molar-refractivity contribution in [2.75, 3.05) is 11.1 Å². The maximum atomic E-state index is 12.4. The van der Waals surface area contributed by atoms with E-state index in [0.717, 1.165) is 17.3 Å². The molecule has 4 nitrogen and oxygen atoms in total. The number of carbonyl (C=O) groups is 1. The van der Waals surface area contributed by atoms with Crippen molar-refractivity contribution in [1.29, 1.82) is 0 Å². The van der Waals surface area contributed by atoms with Crippen molar-refractivity contribution >= 4 is 44.8 Å². The van der Waals surface area contributed by atoms with E-state index in [1.807, 2.05) is 16.8 Å². The van der Waals surface area contributed by atoms with Gasteiger partial charge in [0.15, 0.2) is 0 Å². The predicted molar refractivity (Wildman–Crippen MR) is 84.2 cm³/mol. The van der Waals surface area contributed by atoms with E-state index < -0.39 is 0 Å². The number of nitrogens with one attached hydrogen (secondary N) is 1. The molecular formula is C14H13BrClN3O. The summed E-state index contributed by atoms with van der Waals surface area (Å²) < 4.78 is 2.81. The lowest BCUT2D eigenvalue weighted by molar-refractivity contribution is 0.101. The van der Waals surface area contributed by atoms with Crippen molar-refractivity contribution in [2.24, 2.45) is 0 Å². The number of carbonyl (C=O) groups excluding carboxylic acids is 1. The zero-order chi connectivity index (χ0) is 14.3. The van der Waals surface area contributed by atoms with Gasteiger partial charge in [0.2, 0.25) is 0 Å². The summed E-state index contributed by atoms with van der Waals surface area (Å²) in [5.74, 6) is -0.196. The monoisotopic (exact) mass is 353 g/mol. The van der Waals surface area contributed by atoms with Gasteiger partial charge >= 0.3 is 0 Å². The van der Waals surface area contributed by atoms with Crippen LogP contribution in [-0.4, -0.2) is 10.5 Å². The number of nitrogen functional groups attached to an aromatic ring is 1. The first-order valence-corrected chi connectivity index (χ1v) is 7.45. The SMILES string of the molecule is Nc1cc(C(=O)Nc2ccc(Br)cc2Cl)n(C2CC2)c1. The lowest BCUT2D eigenvalue weighted by Crippen LogP contribution is -2.16. The van der Waals surface area contributed by atoms with Gasteiger partial charge in [-0.15, -0.1) is 0 Å². The Morgan fingerprint density at radius 2 is 2.15 bits per heavy atom. The largest absolute Gasteiger partial charge is 0.397 e. The van der Waals surface area contributed by atoms with Crippen LogP contribution in [-0.2, 0) is 0 Å². The molecule has 0 spiro atoms. The second-order valence-electron chi connectivity index (χ2n) is 4.88. The normalized spacial score (nSPS) is 14.3. The molecule has 1 aromatic heterocycles. The average molecular weight is 355 g/mol. The fourth-order valence-corrected chi connectivity index (χ4v) is 2.84. The molecule has 0 atom stereocenters. The molecule has 0 unspecified atom stereocenters. The van der Waals surface area contributed by atoms with E-state index in [1.54, 1.807) is 18.2 Å². The van der Waals surface area contributed by atoms with E-state index in [2.05, 4.69) is 21.2 Å². The quantitative estimate of drug-likeness (QED) is 0.872. The Morgan fingerprint density at radius 1 is 1.40 bits per heavy atom. The summed E-state index contributed by atoms with van der Waals surface area (Å²) in [6.45, 7) is 0. The first-order chi connectivity index (χ1) is 9.54. The molecule has 0 bridgehead atoms. The van der Waals surface area contributed by atoms with Crippen LogP contribution in [0.2, 0.25) is 5.02 Å². The summed E-state index contributed by atoms with van der Waals surface area (Å²) in [5, 5.41) is 3.31. The molecule has 1 saturated carbocycles. The van der Waals surface area contributed by atoms with Gasteiger partial charge in [0.05, 0.1) is 16.4 Å². The maximum Gasteiger partial charge on any atom is 0.272 e. The fraction of sp³-hybridized carbons (Fsp3) is 0.214. The maximum absolute atomic E-state index is 12.4.